The fourth-order valence-corrected chi connectivity index (χ4v) is 6.17. The predicted molar refractivity (Wildman–Crippen MR) is 131 cm³/mol. The standard InChI is InChI=1S/C24H27N3O3S2/c1-2-13-27-23(30)20-18-6-3-4-7-19(18)32-22(20)26-24(27)31-15-16-8-10-17(11-9-16)21(29)25-12-5-14-28/h2,8-11,28H,1,3-7,12-15H2,(H,25,29). The summed E-state index contributed by atoms with van der Waals surface area (Å²) in [7, 11) is 0. The fourth-order valence-electron chi connectivity index (χ4n) is 3.90. The molecule has 1 aromatic carbocycles. The minimum Gasteiger partial charge on any atom is -0.396 e. The van der Waals surface area contributed by atoms with Crippen LogP contribution in [0.25, 0.3) is 10.2 Å². The summed E-state index contributed by atoms with van der Waals surface area (Å²) in [6, 6.07) is 7.44. The first-order valence-corrected chi connectivity index (χ1v) is 12.7. The number of aliphatic hydroxyl groups is 1. The van der Waals surface area contributed by atoms with Crippen LogP contribution in [0.4, 0.5) is 0 Å². The van der Waals surface area contributed by atoms with Crippen molar-refractivity contribution in [2.45, 2.75) is 49.6 Å². The number of nitrogens with one attached hydrogen (secondary N) is 1. The molecule has 0 saturated heterocycles. The lowest BCUT2D eigenvalue weighted by atomic mass is 9.97. The van der Waals surface area contributed by atoms with Gasteiger partial charge in [0.2, 0.25) is 0 Å². The number of thiophene rings is 1. The molecular weight excluding hydrogens is 442 g/mol. The molecule has 1 amide bonds. The third kappa shape index (κ3) is 4.82. The molecule has 2 aromatic heterocycles. The number of fused-ring (bicyclic) bond motifs is 3. The first-order valence-electron chi connectivity index (χ1n) is 10.9. The van der Waals surface area contributed by atoms with Crippen LogP contribution in [0.1, 0.15) is 45.6 Å². The summed E-state index contributed by atoms with van der Waals surface area (Å²) in [5, 5.41) is 13.1. The number of hydrogen-bond acceptors (Lipinski definition) is 6. The maximum Gasteiger partial charge on any atom is 0.263 e. The highest BCUT2D eigenvalue weighted by Gasteiger charge is 2.22. The van der Waals surface area contributed by atoms with Gasteiger partial charge >= 0.3 is 0 Å². The van der Waals surface area contributed by atoms with Gasteiger partial charge in [-0.15, -0.1) is 17.9 Å². The molecule has 3 aromatic rings. The van der Waals surface area contributed by atoms with Crippen molar-refractivity contribution in [3.05, 3.63) is 68.8 Å². The average Bonchev–Trinajstić information content (AvgIpc) is 3.19. The van der Waals surface area contributed by atoms with Crippen molar-refractivity contribution in [1.82, 2.24) is 14.9 Å². The second kappa shape index (κ2) is 10.5. The van der Waals surface area contributed by atoms with Crippen LogP contribution in [0, 0.1) is 0 Å². The van der Waals surface area contributed by atoms with Crippen LogP contribution < -0.4 is 10.9 Å². The van der Waals surface area contributed by atoms with Crippen molar-refractivity contribution in [3.8, 4) is 0 Å². The third-order valence-electron chi connectivity index (χ3n) is 5.56. The van der Waals surface area contributed by atoms with Crippen molar-refractivity contribution in [3.63, 3.8) is 0 Å². The molecule has 4 rings (SSSR count). The van der Waals surface area contributed by atoms with Gasteiger partial charge in [-0.1, -0.05) is 30.0 Å². The lowest BCUT2D eigenvalue weighted by Gasteiger charge is -2.12. The van der Waals surface area contributed by atoms with Gasteiger partial charge < -0.3 is 10.4 Å². The molecule has 6 nitrogen and oxygen atoms in total. The van der Waals surface area contributed by atoms with Crippen LogP contribution >= 0.6 is 23.1 Å². The van der Waals surface area contributed by atoms with Gasteiger partial charge in [0.05, 0.1) is 5.39 Å². The van der Waals surface area contributed by atoms with Crippen LogP contribution in [0.15, 0.2) is 46.9 Å². The number of rotatable bonds is 9. The molecule has 1 aliphatic carbocycles. The van der Waals surface area contributed by atoms with E-state index in [4.69, 9.17) is 10.1 Å². The minimum atomic E-state index is -0.147. The molecule has 168 valence electrons. The highest BCUT2D eigenvalue weighted by molar-refractivity contribution is 7.98. The van der Waals surface area contributed by atoms with Crippen LogP contribution in [0.5, 0.6) is 0 Å². The Balaban J connectivity index is 1.54. The first-order chi connectivity index (χ1) is 15.6. The summed E-state index contributed by atoms with van der Waals surface area (Å²) < 4.78 is 1.73. The van der Waals surface area contributed by atoms with Gasteiger partial charge in [-0.25, -0.2) is 4.98 Å². The number of carbonyl (C=O) groups excluding carboxylic acids is 1. The normalized spacial score (nSPS) is 13.2. The van der Waals surface area contributed by atoms with Gasteiger partial charge in [0.15, 0.2) is 5.16 Å². The number of aromatic nitrogens is 2. The van der Waals surface area contributed by atoms with Crippen molar-refractivity contribution < 1.29 is 9.90 Å². The zero-order valence-corrected chi connectivity index (χ0v) is 19.6. The Morgan fingerprint density at radius 2 is 2.06 bits per heavy atom. The molecule has 2 N–H and O–H groups in total. The van der Waals surface area contributed by atoms with Gasteiger partial charge in [0, 0.05) is 35.9 Å². The number of hydrogen-bond donors (Lipinski definition) is 2. The van der Waals surface area contributed by atoms with Crippen LogP contribution in [-0.4, -0.2) is 33.7 Å². The van der Waals surface area contributed by atoms with Gasteiger partial charge in [0.25, 0.3) is 11.5 Å². The van der Waals surface area contributed by atoms with Crippen molar-refractivity contribution >= 4 is 39.2 Å². The zero-order chi connectivity index (χ0) is 22.5. The van der Waals surface area contributed by atoms with Gasteiger partial charge in [-0.3, -0.25) is 14.2 Å². The van der Waals surface area contributed by atoms with E-state index < -0.39 is 0 Å². The van der Waals surface area contributed by atoms with Gasteiger partial charge in [0.1, 0.15) is 4.83 Å². The first kappa shape index (κ1) is 22.8. The Kier molecular flexibility index (Phi) is 7.44. The quantitative estimate of drug-likeness (QED) is 0.215. The maximum absolute atomic E-state index is 13.3. The van der Waals surface area contributed by atoms with E-state index in [0.29, 0.717) is 36.0 Å². The van der Waals surface area contributed by atoms with E-state index in [1.54, 1.807) is 34.1 Å². The number of thioether (sulfide) groups is 1. The smallest absolute Gasteiger partial charge is 0.263 e. The number of nitrogens with zero attached hydrogens (tertiary/aromatic N) is 2. The lowest BCUT2D eigenvalue weighted by Crippen LogP contribution is -2.24. The van der Waals surface area contributed by atoms with Gasteiger partial charge in [-0.05, 0) is 55.4 Å². The summed E-state index contributed by atoms with van der Waals surface area (Å²) in [6.07, 6.45) is 6.59. The van der Waals surface area contributed by atoms with Crippen molar-refractivity contribution in [1.29, 1.82) is 0 Å². The molecule has 0 atom stereocenters. The van der Waals surface area contributed by atoms with Crippen molar-refractivity contribution in [2.24, 2.45) is 0 Å². The number of aliphatic hydroxyl groups excluding tert-OH is 1. The van der Waals surface area contributed by atoms with E-state index >= 15 is 0 Å². The summed E-state index contributed by atoms with van der Waals surface area (Å²) in [6.45, 7) is 4.76. The molecule has 2 heterocycles. The van der Waals surface area contributed by atoms with Crippen LogP contribution in [0.3, 0.4) is 0 Å². The number of aryl methyl sites for hydroxylation is 2. The van der Waals surface area contributed by atoms with E-state index in [1.165, 1.54) is 28.6 Å². The van der Waals surface area contributed by atoms with E-state index in [-0.39, 0.29) is 18.1 Å². The molecule has 0 aliphatic heterocycles. The molecule has 0 saturated carbocycles. The largest absolute Gasteiger partial charge is 0.396 e. The second-order valence-corrected chi connectivity index (χ2v) is 9.83. The van der Waals surface area contributed by atoms with Crippen molar-refractivity contribution in [2.75, 3.05) is 13.2 Å². The Bertz CT molecular complexity index is 1180. The Morgan fingerprint density at radius 1 is 1.28 bits per heavy atom. The summed E-state index contributed by atoms with van der Waals surface area (Å²) in [4.78, 5) is 32.5. The second-order valence-electron chi connectivity index (χ2n) is 7.81. The molecule has 1 aliphatic rings. The fraction of sp³-hybridized carbons (Fsp3) is 0.375. The molecule has 0 unspecified atom stereocenters. The molecule has 0 spiro atoms. The monoisotopic (exact) mass is 469 g/mol. The maximum atomic E-state index is 13.3. The number of allylic oxidation sites excluding steroid dienone is 1. The average molecular weight is 470 g/mol. The summed E-state index contributed by atoms with van der Waals surface area (Å²) in [5.41, 5.74) is 2.87. The summed E-state index contributed by atoms with van der Waals surface area (Å²) >= 11 is 3.19. The van der Waals surface area contributed by atoms with E-state index in [2.05, 4.69) is 11.9 Å². The summed E-state index contributed by atoms with van der Waals surface area (Å²) in [5.74, 6) is 0.498. The molecule has 0 bridgehead atoms. The zero-order valence-electron chi connectivity index (χ0n) is 17.9. The molecule has 0 radical (unpaired) electrons. The van der Waals surface area contributed by atoms with Gasteiger partial charge in [-0.2, -0.15) is 0 Å². The highest BCUT2D eigenvalue weighted by atomic mass is 32.2. The van der Waals surface area contributed by atoms with E-state index in [9.17, 15) is 9.59 Å². The molecule has 0 fully saturated rings. The third-order valence-corrected chi connectivity index (χ3v) is 7.79. The lowest BCUT2D eigenvalue weighted by molar-refractivity contribution is 0.0951. The molecular formula is C24H27N3O3S2. The SMILES string of the molecule is C=CCn1c(SCc2ccc(C(=O)NCCCO)cc2)nc2sc3c(c2c1=O)CCCC3. The number of benzene rings is 1. The van der Waals surface area contributed by atoms with E-state index in [1.807, 2.05) is 12.1 Å². The molecule has 8 heteroatoms. The van der Waals surface area contributed by atoms with E-state index in [0.717, 1.165) is 35.0 Å². The molecule has 32 heavy (non-hydrogen) atoms. The Morgan fingerprint density at radius 3 is 2.81 bits per heavy atom. The highest BCUT2D eigenvalue weighted by Crippen LogP contribution is 2.35. The Labute approximate surface area is 195 Å². The number of carbonyl (C=O) groups is 1. The topological polar surface area (TPSA) is 84.2 Å². The minimum absolute atomic E-state index is 0.0340. The number of amides is 1. The van der Waals surface area contributed by atoms with Crippen LogP contribution in [-0.2, 0) is 25.1 Å². The van der Waals surface area contributed by atoms with Crippen LogP contribution in [0.2, 0.25) is 0 Å². The Hall–Kier alpha value is -2.42. The predicted octanol–water partition coefficient (Wildman–Crippen LogP) is 3.93.